The van der Waals surface area contributed by atoms with Gasteiger partial charge in [-0.2, -0.15) is 0 Å². The Bertz CT molecular complexity index is 312. The second kappa shape index (κ2) is 5.81. The number of benzene rings is 1. The van der Waals surface area contributed by atoms with Crippen LogP contribution in [0.15, 0.2) is 18.2 Å². The maximum atomic E-state index is 13.3. The van der Waals surface area contributed by atoms with Gasteiger partial charge in [0.05, 0.1) is 0 Å². The Kier molecular flexibility index (Phi) is 4.69. The van der Waals surface area contributed by atoms with Crippen molar-refractivity contribution in [1.82, 2.24) is 0 Å². The van der Waals surface area contributed by atoms with Gasteiger partial charge in [0.2, 0.25) is 0 Å². The van der Waals surface area contributed by atoms with Crippen LogP contribution in [0.4, 0.5) is 8.78 Å². The first-order valence-corrected chi connectivity index (χ1v) is 5.35. The highest BCUT2D eigenvalue weighted by Gasteiger charge is 2.11. The highest BCUT2D eigenvalue weighted by molar-refractivity contribution is 5.21. The zero-order valence-corrected chi connectivity index (χ0v) is 8.97. The van der Waals surface area contributed by atoms with Crippen LogP contribution < -0.4 is 5.73 Å². The molecule has 1 aromatic rings. The van der Waals surface area contributed by atoms with E-state index in [9.17, 15) is 8.78 Å². The Morgan fingerprint density at radius 2 is 2.00 bits per heavy atom. The lowest BCUT2D eigenvalue weighted by Gasteiger charge is -2.12. The molecule has 0 aliphatic carbocycles. The first-order chi connectivity index (χ1) is 7.15. The molecule has 1 rings (SSSR count). The summed E-state index contributed by atoms with van der Waals surface area (Å²) in [4.78, 5) is 0. The zero-order chi connectivity index (χ0) is 11.3. The van der Waals surface area contributed by atoms with Crippen LogP contribution in [0.1, 0.15) is 44.2 Å². The van der Waals surface area contributed by atoms with E-state index in [1.165, 1.54) is 6.07 Å². The van der Waals surface area contributed by atoms with Gasteiger partial charge in [-0.3, -0.25) is 0 Å². The maximum Gasteiger partial charge on any atom is 0.128 e. The lowest BCUT2D eigenvalue weighted by atomic mass is 10.0. The SMILES string of the molecule is CCCCC[C@H](N)c1cc(F)ccc1F. The summed E-state index contributed by atoms with van der Waals surface area (Å²) in [5, 5.41) is 0. The summed E-state index contributed by atoms with van der Waals surface area (Å²) in [6, 6.07) is 3.03. The summed E-state index contributed by atoms with van der Waals surface area (Å²) in [7, 11) is 0. The fourth-order valence-corrected chi connectivity index (χ4v) is 1.57. The van der Waals surface area contributed by atoms with Gasteiger partial charge >= 0.3 is 0 Å². The molecule has 0 aliphatic rings. The number of hydrogen-bond acceptors (Lipinski definition) is 1. The topological polar surface area (TPSA) is 26.0 Å². The predicted molar refractivity (Wildman–Crippen MR) is 57.4 cm³/mol. The van der Waals surface area contributed by atoms with Crippen LogP contribution in [0, 0.1) is 11.6 Å². The Labute approximate surface area is 89.3 Å². The molecule has 0 amide bonds. The minimum Gasteiger partial charge on any atom is -0.324 e. The largest absolute Gasteiger partial charge is 0.324 e. The van der Waals surface area contributed by atoms with Crippen molar-refractivity contribution >= 4 is 0 Å². The molecule has 0 heterocycles. The average Bonchev–Trinajstić information content (AvgIpc) is 2.22. The third-order valence-corrected chi connectivity index (χ3v) is 2.48. The van der Waals surface area contributed by atoms with E-state index >= 15 is 0 Å². The first kappa shape index (κ1) is 12.1. The quantitative estimate of drug-likeness (QED) is 0.744. The van der Waals surface area contributed by atoms with Crippen molar-refractivity contribution in [3.63, 3.8) is 0 Å². The minimum absolute atomic E-state index is 0.283. The van der Waals surface area contributed by atoms with E-state index in [0.717, 1.165) is 31.4 Å². The lowest BCUT2D eigenvalue weighted by Crippen LogP contribution is -2.12. The smallest absolute Gasteiger partial charge is 0.128 e. The standard InChI is InChI=1S/C12H17F2N/c1-2-3-4-5-12(15)10-8-9(13)6-7-11(10)14/h6-8,12H,2-5,15H2,1H3/t12-/m0/s1. The molecule has 0 saturated carbocycles. The number of nitrogens with two attached hydrogens (primary N) is 1. The number of rotatable bonds is 5. The third-order valence-electron chi connectivity index (χ3n) is 2.48. The molecule has 1 atom stereocenters. The van der Waals surface area contributed by atoms with Crippen molar-refractivity contribution in [2.75, 3.05) is 0 Å². The Morgan fingerprint density at radius 1 is 1.27 bits per heavy atom. The van der Waals surface area contributed by atoms with Gasteiger partial charge in [-0.1, -0.05) is 26.2 Å². The van der Waals surface area contributed by atoms with Gasteiger partial charge in [-0.25, -0.2) is 8.78 Å². The molecule has 0 aromatic heterocycles. The second-order valence-corrected chi connectivity index (χ2v) is 3.77. The summed E-state index contributed by atoms with van der Waals surface area (Å²) in [5.74, 6) is -0.849. The monoisotopic (exact) mass is 213 g/mol. The van der Waals surface area contributed by atoms with Gasteiger partial charge in [-0.15, -0.1) is 0 Å². The summed E-state index contributed by atoms with van der Waals surface area (Å²) in [5.41, 5.74) is 6.08. The van der Waals surface area contributed by atoms with Gasteiger partial charge < -0.3 is 5.73 Å². The fraction of sp³-hybridized carbons (Fsp3) is 0.500. The zero-order valence-electron chi connectivity index (χ0n) is 8.97. The van der Waals surface area contributed by atoms with E-state index in [-0.39, 0.29) is 5.56 Å². The predicted octanol–water partition coefficient (Wildman–Crippen LogP) is 3.54. The Hall–Kier alpha value is -0.960. The molecular formula is C12H17F2N. The normalized spacial score (nSPS) is 12.8. The van der Waals surface area contributed by atoms with Crippen molar-refractivity contribution in [3.05, 3.63) is 35.4 Å². The molecule has 0 aliphatic heterocycles. The van der Waals surface area contributed by atoms with Gasteiger partial charge in [0.25, 0.3) is 0 Å². The molecule has 0 fully saturated rings. The third kappa shape index (κ3) is 3.59. The van der Waals surface area contributed by atoms with E-state index in [1.807, 2.05) is 0 Å². The van der Waals surface area contributed by atoms with Gasteiger partial charge in [-0.05, 0) is 24.6 Å². The molecule has 2 N–H and O–H groups in total. The van der Waals surface area contributed by atoms with E-state index in [2.05, 4.69) is 6.92 Å². The van der Waals surface area contributed by atoms with Crippen LogP contribution >= 0.6 is 0 Å². The summed E-state index contributed by atoms with van der Waals surface area (Å²) < 4.78 is 26.2. The van der Waals surface area contributed by atoms with Crippen molar-refractivity contribution in [1.29, 1.82) is 0 Å². The highest BCUT2D eigenvalue weighted by atomic mass is 19.1. The van der Waals surface area contributed by atoms with Crippen molar-refractivity contribution < 1.29 is 8.78 Å². The number of unbranched alkanes of at least 4 members (excludes halogenated alkanes) is 2. The van der Waals surface area contributed by atoms with Gasteiger partial charge in [0, 0.05) is 11.6 Å². The fourth-order valence-electron chi connectivity index (χ4n) is 1.57. The molecule has 0 saturated heterocycles. The van der Waals surface area contributed by atoms with Crippen LogP contribution in [-0.4, -0.2) is 0 Å². The van der Waals surface area contributed by atoms with Crippen LogP contribution in [-0.2, 0) is 0 Å². The molecule has 15 heavy (non-hydrogen) atoms. The van der Waals surface area contributed by atoms with E-state index in [1.54, 1.807) is 0 Å². The molecule has 0 bridgehead atoms. The lowest BCUT2D eigenvalue weighted by molar-refractivity contribution is 0.528. The van der Waals surface area contributed by atoms with Crippen LogP contribution in [0.3, 0.4) is 0 Å². The summed E-state index contributed by atoms with van der Waals surface area (Å²) in [6.45, 7) is 2.09. The molecule has 0 spiro atoms. The molecular weight excluding hydrogens is 196 g/mol. The van der Waals surface area contributed by atoms with E-state index in [0.29, 0.717) is 6.42 Å². The van der Waals surface area contributed by atoms with Crippen molar-refractivity contribution in [2.24, 2.45) is 5.73 Å². The Morgan fingerprint density at radius 3 is 2.67 bits per heavy atom. The summed E-state index contributed by atoms with van der Waals surface area (Å²) >= 11 is 0. The molecule has 0 radical (unpaired) electrons. The van der Waals surface area contributed by atoms with Crippen LogP contribution in [0.25, 0.3) is 0 Å². The maximum absolute atomic E-state index is 13.3. The minimum atomic E-state index is -0.433. The molecule has 3 heteroatoms. The molecule has 1 aromatic carbocycles. The summed E-state index contributed by atoms with van der Waals surface area (Å²) in [6.07, 6.45) is 3.82. The first-order valence-electron chi connectivity index (χ1n) is 5.35. The highest BCUT2D eigenvalue weighted by Crippen LogP contribution is 2.21. The Balaban J connectivity index is 2.64. The average molecular weight is 213 g/mol. The van der Waals surface area contributed by atoms with Gasteiger partial charge in [0.15, 0.2) is 0 Å². The van der Waals surface area contributed by atoms with Crippen LogP contribution in [0.5, 0.6) is 0 Å². The van der Waals surface area contributed by atoms with E-state index < -0.39 is 17.7 Å². The van der Waals surface area contributed by atoms with E-state index in [4.69, 9.17) is 5.73 Å². The van der Waals surface area contributed by atoms with Crippen molar-refractivity contribution in [2.45, 2.75) is 38.6 Å². The van der Waals surface area contributed by atoms with Crippen LogP contribution in [0.2, 0.25) is 0 Å². The molecule has 1 nitrogen and oxygen atoms in total. The number of halogens is 2. The second-order valence-electron chi connectivity index (χ2n) is 3.77. The molecule has 0 unspecified atom stereocenters. The van der Waals surface area contributed by atoms with Crippen molar-refractivity contribution in [3.8, 4) is 0 Å². The number of hydrogen-bond donors (Lipinski definition) is 1. The molecule has 84 valence electrons. The van der Waals surface area contributed by atoms with Gasteiger partial charge in [0.1, 0.15) is 11.6 Å².